The van der Waals surface area contributed by atoms with E-state index in [2.05, 4.69) is 17.3 Å². The van der Waals surface area contributed by atoms with Crippen LogP contribution >= 0.6 is 0 Å². The monoisotopic (exact) mass is 446 g/mol. The maximum atomic E-state index is 12.4. The highest BCUT2D eigenvalue weighted by Crippen LogP contribution is 2.19. The first-order chi connectivity index (χ1) is 15.2. The van der Waals surface area contributed by atoms with Gasteiger partial charge in [-0.15, -0.1) is 5.10 Å². The van der Waals surface area contributed by atoms with Gasteiger partial charge in [-0.2, -0.15) is 0 Å². The Kier molecular flexibility index (Phi) is 9.04. The number of anilines is 1. The van der Waals surface area contributed by atoms with E-state index in [0.29, 0.717) is 25.3 Å². The topological polar surface area (TPSA) is 115 Å². The lowest BCUT2D eigenvalue weighted by Gasteiger charge is -2.21. The Labute approximate surface area is 188 Å². The minimum absolute atomic E-state index is 0.156. The van der Waals surface area contributed by atoms with Crippen LogP contribution in [0.1, 0.15) is 58.4 Å². The number of rotatable bonds is 13. The molecule has 0 fully saturated rings. The minimum Gasteiger partial charge on any atom is -0.478 e. The van der Waals surface area contributed by atoms with Gasteiger partial charge in [-0.25, -0.2) is 14.3 Å². The summed E-state index contributed by atoms with van der Waals surface area (Å²) in [7, 11) is 1.46. The van der Waals surface area contributed by atoms with E-state index in [1.165, 1.54) is 32.0 Å². The maximum Gasteiger partial charge on any atom is 0.347 e. The van der Waals surface area contributed by atoms with Crippen LogP contribution in [0.3, 0.4) is 0 Å². The third kappa shape index (κ3) is 6.96. The van der Waals surface area contributed by atoms with Gasteiger partial charge in [0.05, 0.1) is 0 Å². The molecule has 1 heterocycles. The second-order valence-electron chi connectivity index (χ2n) is 8.37. The van der Waals surface area contributed by atoms with E-state index >= 15 is 0 Å². The number of hydrogen-bond acceptors (Lipinski definition) is 6. The number of aryl methyl sites for hydroxylation is 1. The van der Waals surface area contributed by atoms with Crippen molar-refractivity contribution in [3.63, 3.8) is 0 Å². The van der Waals surface area contributed by atoms with Gasteiger partial charge in [0.15, 0.2) is 5.60 Å². The normalized spacial score (nSPS) is 11.4. The SMILES string of the molecule is CCCCCCCn1nc(NCCc2ccc(OC(C)(C)C(=O)O)cc2)c(=O)n(C)c1=O. The lowest BCUT2D eigenvalue weighted by Crippen LogP contribution is -2.41. The minimum atomic E-state index is -1.31. The molecule has 0 radical (unpaired) electrons. The van der Waals surface area contributed by atoms with E-state index in [0.717, 1.165) is 35.8 Å². The first-order valence-electron chi connectivity index (χ1n) is 11.1. The average Bonchev–Trinajstić information content (AvgIpc) is 2.75. The standard InChI is InChI=1S/C23H34N4O5/c1-5-6-7-8-9-16-27-22(31)26(4)20(28)19(25-27)24-15-14-17-10-12-18(13-11-17)32-23(2,3)21(29)30/h10-13H,5-9,14-16H2,1-4H3,(H,24,25)(H,29,30). The van der Waals surface area contributed by atoms with Crippen LogP contribution in [0, 0.1) is 0 Å². The quantitative estimate of drug-likeness (QED) is 0.455. The van der Waals surface area contributed by atoms with Crippen LogP contribution in [-0.2, 0) is 24.8 Å². The molecule has 0 aliphatic rings. The molecule has 1 aromatic carbocycles. The molecule has 32 heavy (non-hydrogen) atoms. The Morgan fingerprint density at radius 3 is 2.41 bits per heavy atom. The molecule has 176 valence electrons. The molecule has 0 bridgehead atoms. The van der Waals surface area contributed by atoms with Gasteiger partial charge in [-0.05, 0) is 44.4 Å². The summed E-state index contributed by atoms with van der Waals surface area (Å²) in [5.41, 5.74) is -1.18. The third-order valence-corrected chi connectivity index (χ3v) is 5.23. The van der Waals surface area contributed by atoms with Gasteiger partial charge >= 0.3 is 11.7 Å². The number of nitrogens with one attached hydrogen (secondary N) is 1. The molecule has 2 aromatic rings. The average molecular weight is 447 g/mol. The van der Waals surface area contributed by atoms with Crippen molar-refractivity contribution in [3.05, 3.63) is 50.7 Å². The van der Waals surface area contributed by atoms with E-state index in [1.54, 1.807) is 12.1 Å². The van der Waals surface area contributed by atoms with Crippen molar-refractivity contribution in [2.75, 3.05) is 11.9 Å². The van der Waals surface area contributed by atoms with Crippen molar-refractivity contribution in [3.8, 4) is 5.75 Å². The summed E-state index contributed by atoms with van der Waals surface area (Å²) in [6, 6.07) is 7.13. The van der Waals surface area contributed by atoms with Crippen LogP contribution < -0.4 is 21.3 Å². The summed E-state index contributed by atoms with van der Waals surface area (Å²) in [6.07, 6.45) is 5.94. The largest absolute Gasteiger partial charge is 0.478 e. The molecule has 2 rings (SSSR count). The van der Waals surface area contributed by atoms with Crippen LogP contribution in [0.15, 0.2) is 33.9 Å². The predicted molar refractivity (Wildman–Crippen MR) is 123 cm³/mol. The fraction of sp³-hybridized carbons (Fsp3) is 0.565. The van der Waals surface area contributed by atoms with Crippen molar-refractivity contribution in [1.82, 2.24) is 14.3 Å². The number of hydrogen-bond donors (Lipinski definition) is 2. The van der Waals surface area contributed by atoms with E-state index in [4.69, 9.17) is 9.84 Å². The molecule has 0 aliphatic heterocycles. The van der Waals surface area contributed by atoms with E-state index < -0.39 is 22.8 Å². The molecular formula is C23H34N4O5. The smallest absolute Gasteiger partial charge is 0.347 e. The summed E-state index contributed by atoms with van der Waals surface area (Å²) in [5, 5.41) is 16.4. The van der Waals surface area contributed by atoms with Crippen molar-refractivity contribution >= 4 is 11.8 Å². The van der Waals surface area contributed by atoms with Crippen LogP contribution in [-0.4, -0.2) is 37.6 Å². The third-order valence-electron chi connectivity index (χ3n) is 5.23. The first kappa shape index (κ1) is 25.2. The Morgan fingerprint density at radius 1 is 1.12 bits per heavy atom. The summed E-state index contributed by atoms with van der Waals surface area (Å²) >= 11 is 0. The number of nitrogens with zero attached hydrogens (tertiary/aromatic N) is 3. The van der Waals surface area contributed by atoms with Crippen LogP contribution in [0.4, 0.5) is 5.82 Å². The predicted octanol–water partition coefficient (Wildman–Crippen LogP) is 2.81. The molecule has 0 aliphatic carbocycles. The van der Waals surface area contributed by atoms with Gasteiger partial charge in [0.2, 0.25) is 5.82 Å². The number of carbonyl (C=O) groups is 1. The Bertz CT molecular complexity index is 1010. The molecule has 9 heteroatoms. The molecule has 0 unspecified atom stereocenters. The number of unbranched alkanes of at least 4 members (excludes halogenated alkanes) is 4. The molecule has 0 amide bonds. The lowest BCUT2D eigenvalue weighted by molar-refractivity contribution is -0.152. The van der Waals surface area contributed by atoms with Crippen molar-refractivity contribution in [2.45, 2.75) is 71.4 Å². The summed E-state index contributed by atoms with van der Waals surface area (Å²) in [6.45, 7) is 6.08. The molecule has 0 spiro atoms. The second-order valence-corrected chi connectivity index (χ2v) is 8.37. The van der Waals surface area contributed by atoms with Gasteiger partial charge in [-0.1, -0.05) is 44.7 Å². The second kappa shape index (κ2) is 11.5. The summed E-state index contributed by atoms with van der Waals surface area (Å²) < 4.78 is 7.93. The lowest BCUT2D eigenvalue weighted by atomic mass is 10.1. The number of carboxylic acid groups (broad SMARTS) is 1. The zero-order valence-corrected chi connectivity index (χ0v) is 19.4. The molecule has 0 atom stereocenters. The number of benzene rings is 1. The van der Waals surface area contributed by atoms with Gasteiger partial charge < -0.3 is 15.2 Å². The molecule has 0 saturated carbocycles. The van der Waals surface area contributed by atoms with Crippen LogP contribution in [0.5, 0.6) is 5.75 Å². The Hall–Kier alpha value is -3.10. The van der Waals surface area contributed by atoms with Crippen molar-refractivity contribution < 1.29 is 14.6 Å². The van der Waals surface area contributed by atoms with Gasteiger partial charge in [0, 0.05) is 20.1 Å². The van der Waals surface area contributed by atoms with Crippen LogP contribution in [0.25, 0.3) is 0 Å². The molecule has 2 N–H and O–H groups in total. The van der Waals surface area contributed by atoms with Gasteiger partial charge in [-0.3, -0.25) is 9.36 Å². The zero-order valence-electron chi connectivity index (χ0n) is 19.4. The van der Waals surface area contributed by atoms with E-state index in [1.807, 2.05) is 12.1 Å². The van der Waals surface area contributed by atoms with Crippen LogP contribution in [0.2, 0.25) is 0 Å². The maximum absolute atomic E-state index is 12.4. The zero-order chi connectivity index (χ0) is 23.7. The number of aromatic nitrogens is 3. The first-order valence-corrected chi connectivity index (χ1v) is 11.1. The fourth-order valence-electron chi connectivity index (χ4n) is 3.13. The molecule has 9 nitrogen and oxygen atoms in total. The Morgan fingerprint density at radius 2 is 1.78 bits per heavy atom. The van der Waals surface area contributed by atoms with Crippen molar-refractivity contribution in [1.29, 1.82) is 0 Å². The summed E-state index contributed by atoms with van der Waals surface area (Å²) in [4.78, 5) is 35.9. The van der Waals surface area contributed by atoms with Gasteiger partial charge in [0.1, 0.15) is 5.75 Å². The molecular weight excluding hydrogens is 412 g/mol. The highest BCUT2D eigenvalue weighted by Gasteiger charge is 2.29. The molecule has 1 aromatic heterocycles. The van der Waals surface area contributed by atoms with E-state index in [9.17, 15) is 14.4 Å². The van der Waals surface area contributed by atoms with E-state index in [-0.39, 0.29) is 5.82 Å². The summed E-state index contributed by atoms with van der Waals surface area (Å²) in [5.74, 6) is -0.415. The number of aliphatic carboxylic acids is 1. The molecule has 0 saturated heterocycles. The highest BCUT2D eigenvalue weighted by molar-refractivity contribution is 5.76. The number of carboxylic acids is 1. The fourth-order valence-corrected chi connectivity index (χ4v) is 3.13. The highest BCUT2D eigenvalue weighted by atomic mass is 16.5. The Balaban J connectivity index is 1.96. The van der Waals surface area contributed by atoms with Gasteiger partial charge in [0.25, 0.3) is 5.56 Å². The van der Waals surface area contributed by atoms with Crippen molar-refractivity contribution in [2.24, 2.45) is 7.05 Å². The number of ether oxygens (including phenoxy) is 1.